The Morgan fingerprint density at radius 1 is 0.960 bits per heavy atom. The van der Waals surface area contributed by atoms with Crippen molar-refractivity contribution in [2.24, 2.45) is 0 Å². The van der Waals surface area contributed by atoms with Crippen molar-refractivity contribution >= 4 is 5.97 Å². The molecule has 0 saturated heterocycles. The number of carbonyl (C=O) groups is 1. The van der Waals surface area contributed by atoms with Crippen LogP contribution in [0.1, 0.15) is 73.3 Å². The minimum Gasteiger partial charge on any atom is -0.462 e. The molecule has 0 saturated carbocycles. The van der Waals surface area contributed by atoms with Gasteiger partial charge in [-0.25, -0.2) is 4.79 Å². The standard InChI is InChI=1S/C22H31NO2/c1-3-5-6-10-15-19-17-20(22(24)25-4-2)21(23-19)16-11-14-18-12-8-7-9-13-18/h7-9,12-13,17,23H,3-6,10-11,14-16H2,1-2H3. The molecule has 2 rings (SSSR count). The molecule has 1 N–H and O–H groups in total. The second-order valence-electron chi connectivity index (χ2n) is 6.56. The lowest BCUT2D eigenvalue weighted by Gasteiger charge is -2.04. The Balaban J connectivity index is 1.97. The molecule has 0 amide bonds. The quantitative estimate of drug-likeness (QED) is 0.434. The van der Waals surface area contributed by atoms with Crippen molar-refractivity contribution < 1.29 is 9.53 Å². The van der Waals surface area contributed by atoms with E-state index < -0.39 is 0 Å². The van der Waals surface area contributed by atoms with E-state index in [1.807, 2.05) is 19.1 Å². The van der Waals surface area contributed by atoms with E-state index in [1.165, 1.54) is 31.2 Å². The van der Waals surface area contributed by atoms with Gasteiger partial charge in [-0.15, -0.1) is 0 Å². The molecule has 1 heterocycles. The monoisotopic (exact) mass is 341 g/mol. The van der Waals surface area contributed by atoms with Gasteiger partial charge in [0.2, 0.25) is 0 Å². The predicted octanol–water partition coefficient (Wildman–Crippen LogP) is 5.49. The highest BCUT2D eigenvalue weighted by Gasteiger charge is 2.16. The van der Waals surface area contributed by atoms with Gasteiger partial charge in [-0.3, -0.25) is 0 Å². The highest BCUT2D eigenvalue weighted by Crippen LogP contribution is 2.18. The van der Waals surface area contributed by atoms with E-state index >= 15 is 0 Å². The number of hydrogen-bond donors (Lipinski definition) is 1. The van der Waals surface area contributed by atoms with Gasteiger partial charge in [-0.05, 0) is 50.7 Å². The number of benzene rings is 1. The summed E-state index contributed by atoms with van der Waals surface area (Å²) in [5.74, 6) is -0.201. The number of aryl methyl sites for hydroxylation is 3. The van der Waals surface area contributed by atoms with Gasteiger partial charge in [0.1, 0.15) is 0 Å². The van der Waals surface area contributed by atoms with Gasteiger partial charge < -0.3 is 9.72 Å². The van der Waals surface area contributed by atoms with Crippen molar-refractivity contribution in [2.45, 2.75) is 65.2 Å². The van der Waals surface area contributed by atoms with Gasteiger partial charge >= 0.3 is 5.97 Å². The molecule has 0 bridgehead atoms. The summed E-state index contributed by atoms with van der Waals surface area (Å²) in [6.45, 7) is 4.49. The van der Waals surface area contributed by atoms with Gasteiger partial charge in [0.25, 0.3) is 0 Å². The summed E-state index contributed by atoms with van der Waals surface area (Å²) in [6.07, 6.45) is 8.84. The van der Waals surface area contributed by atoms with Gasteiger partial charge in [0, 0.05) is 11.4 Å². The van der Waals surface area contributed by atoms with Gasteiger partial charge in [0.15, 0.2) is 0 Å². The fourth-order valence-corrected chi connectivity index (χ4v) is 3.14. The van der Waals surface area contributed by atoms with Crippen molar-refractivity contribution in [1.82, 2.24) is 4.98 Å². The van der Waals surface area contributed by atoms with E-state index in [9.17, 15) is 4.79 Å². The molecular formula is C22H31NO2. The van der Waals surface area contributed by atoms with Crippen LogP contribution in [-0.2, 0) is 24.0 Å². The number of rotatable bonds is 11. The average molecular weight is 341 g/mol. The number of nitrogens with one attached hydrogen (secondary N) is 1. The van der Waals surface area contributed by atoms with Crippen LogP contribution in [0.15, 0.2) is 36.4 Å². The van der Waals surface area contributed by atoms with Crippen LogP contribution in [0.3, 0.4) is 0 Å². The number of H-pyrrole nitrogens is 1. The minimum absolute atomic E-state index is 0.201. The summed E-state index contributed by atoms with van der Waals surface area (Å²) in [5, 5.41) is 0. The Kier molecular flexibility index (Phi) is 8.30. The van der Waals surface area contributed by atoms with Crippen molar-refractivity contribution in [3.63, 3.8) is 0 Å². The van der Waals surface area contributed by atoms with E-state index in [1.54, 1.807) is 0 Å². The Morgan fingerprint density at radius 3 is 2.48 bits per heavy atom. The molecule has 0 aliphatic heterocycles. The number of unbranched alkanes of at least 4 members (excludes halogenated alkanes) is 3. The third-order valence-corrected chi connectivity index (χ3v) is 4.49. The van der Waals surface area contributed by atoms with Crippen molar-refractivity contribution in [3.8, 4) is 0 Å². The van der Waals surface area contributed by atoms with Gasteiger partial charge in [-0.1, -0.05) is 56.5 Å². The zero-order chi connectivity index (χ0) is 17.9. The number of ether oxygens (including phenoxy) is 1. The lowest BCUT2D eigenvalue weighted by atomic mass is 10.1. The SMILES string of the molecule is CCCCCCc1cc(C(=O)OCC)c(CCCc2ccccc2)[nH]1. The molecule has 3 heteroatoms. The van der Waals surface area contributed by atoms with Crippen LogP contribution < -0.4 is 0 Å². The molecule has 2 aromatic rings. The number of carbonyl (C=O) groups excluding carboxylic acids is 1. The van der Waals surface area contributed by atoms with E-state index in [-0.39, 0.29) is 5.97 Å². The largest absolute Gasteiger partial charge is 0.462 e. The number of esters is 1. The van der Waals surface area contributed by atoms with Crippen molar-refractivity contribution in [2.75, 3.05) is 6.61 Å². The number of aromatic amines is 1. The number of aromatic nitrogens is 1. The molecule has 0 unspecified atom stereocenters. The van der Waals surface area contributed by atoms with Crippen molar-refractivity contribution in [3.05, 3.63) is 58.9 Å². The molecule has 136 valence electrons. The van der Waals surface area contributed by atoms with Crippen LogP contribution in [0.2, 0.25) is 0 Å². The molecule has 0 fully saturated rings. The number of hydrogen-bond acceptors (Lipinski definition) is 2. The molecule has 0 atom stereocenters. The average Bonchev–Trinajstić information content (AvgIpc) is 3.03. The molecule has 0 aliphatic rings. The molecule has 1 aromatic carbocycles. The van der Waals surface area contributed by atoms with E-state index in [2.05, 4.69) is 36.2 Å². The summed E-state index contributed by atoms with van der Waals surface area (Å²) >= 11 is 0. The zero-order valence-electron chi connectivity index (χ0n) is 15.6. The Morgan fingerprint density at radius 2 is 1.76 bits per heavy atom. The molecule has 0 aliphatic carbocycles. The molecular weight excluding hydrogens is 310 g/mol. The summed E-state index contributed by atoms with van der Waals surface area (Å²) < 4.78 is 5.23. The van der Waals surface area contributed by atoms with Crippen LogP contribution in [0.5, 0.6) is 0 Å². The minimum atomic E-state index is -0.201. The maximum atomic E-state index is 12.2. The predicted molar refractivity (Wildman–Crippen MR) is 103 cm³/mol. The Bertz CT molecular complexity index is 631. The topological polar surface area (TPSA) is 42.1 Å². The summed E-state index contributed by atoms with van der Waals surface area (Å²) in [5.41, 5.74) is 4.25. The first-order valence-electron chi connectivity index (χ1n) is 9.66. The maximum absolute atomic E-state index is 12.2. The second kappa shape index (κ2) is 10.8. The highest BCUT2D eigenvalue weighted by atomic mass is 16.5. The van der Waals surface area contributed by atoms with Gasteiger partial charge in [-0.2, -0.15) is 0 Å². The summed E-state index contributed by atoms with van der Waals surface area (Å²) in [6, 6.07) is 12.5. The van der Waals surface area contributed by atoms with E-state index in [4.69, 9.17) is 4.74 Å². The Labute approximate surface area is 151 Å². The first-order chi connectivity index (χ1) is 12.2. The Hall–Kier alpha value is -2.03. The van der Waals surface area contributed by atoms with Crippen LogP contribution in [0.25, 0.3) is 0 Å². The maximum Gasteiger partial charge on any atom is 0.339 e. The fraction of sp³-hybridized carbons (Fsp3) is 0.500. The second-order valence-corrected chi connectivity index (χ2v) is 6.56. The highest BCUT2D eigenvalue weighted by molar-refractivity contribution is 5.91. The molecule has 25 heavy (non-hydrogen) atoms. The van der Waals surface area contributed by atoms with Crippen LogP contribution in [-0.4, -0.2) is 17.6 Å². The smallest absolute Gasteiger partial charge is 0.339 e. The van der Waals surface area contributed by atoms with E-state index in [0.29, 0.717) is 6.61 Å². The first-order valence-corrected chi connectivity index (χ1v) is 9.66. The fourth-order valence-electron chi connectivity index (χ4n) is 3.14. The van der Waals surface area contributed by atoms with Crippen LogP contribution in [0, 0.1) is 0 Å². The lowest BCUT2D eigenvalue weighted by molar-refractivity contribution is 0.0525. The molecule has 0 radical (unpaired) electrons. The van der Waals surface area contributed by atoms with Crippen LogP contribution >= 0.6 is 0 Å². The van der Waals surface area contributed by atoms with Crippen LogP contribution in [0.4, 0.5) is 0 Å². The molecule has 1 aromatic heterocycles. The normalized spacial score (nSPS) is 10.8. The molecule has 0 spiro atoms. The lowest BCUT2D eigenvalue weighted by Crippen LogP contribution is -2.07. The first kappa shape index (κ1) is 19.3. The summed E-state index contributed by atoms with van der Waals surface area (Å²) in [4.78, 5) is 15.7. The van der Waals surface area contributed by atoms with Gasteiger partial charge in [0.05, 0.1) is 12.2 Å². The molecule has 3 nitrogen and oxygen atoms in total. The zero-order valence-corrected chi connectivity index (χ0v) is 15.6. The third-order valence-electron chi connectivity index (χ3n) is 4.49. The van der Waals surface area contributed by atoms with E-state index in [0.717, 1.165) is 42.6 Å². The third kappa shape index (κ3) is 6.41. The summed E-state index contributed by atoms with van der Waals surface area (Å²) in [7, 11) is 0. The van der Waals surface area contributed by atoms with Crippen molar-refractivity contribution in [1.29, 1.82) is 0 Å².